The first-order valence-electron chi connectivity index (χ1n) is 5.08. The van der Waals surface area contributed by atoms with Gasteiger partial charge in [0.05, 0.1) is 6.61 Å². The molecule has 0 heterocycles. The molecular formula is C13H16O2. The van der Waals surface area contributed by atoms with Crippen molar-refractivity contribution in [3.05, 3.63) is 42.5 Å². The Morgan fingerprint density at radius 3 is 2.60 bits per heavy atom. The lowest BCUT2D eigenvalue weighted by atomic mass is 10.1. The molecule has 1 rings (SSSR count). The van der Waals surface area contributed by atoms with E-state index in [2.05, 4.69) is 6.58 Å². The molecule has 2 nitrogen and oxygen atoms in total. The van der Waals surface area contributed by atoms with Crippen LogP contribution in [0.25, 0.3) is 0 Å². The van der Waals surface area contributed by atoms with Crippen molar-refractivity contribution in [1.82, 2.24) is 0 Å². The lowest BCUT2D eigenvalue weighted by molar-refractivity contribution is 0.101. The average Bonchev–Trinajstić information content (AvgIpc) is 2.25. The number of carbonyl (C=O) groups excluding carboxylic acids is 1. The molecule has 1 aromatic carbocycles. The lowest BCUT2D eigenvalue weighted by Gasteiger charge is -2.05. The van der Waals surface area contributed by atoms with Crippen LogP contribution in [0.1, 0.15) is 30.1 Å². The Bertz CT molecular complexity index is 325. The van der Waals surface area contributed by atoms with Crippen LogP contribution in [0.4, 0.5) is 0 Å². The van der Waals surface area contributed by atoms with Gasteiger partial charge in [-0.25, -0.2) is 0 Å². The summed E-state index contributed by atoms with van der Waals surface area (Å²) in [6, 6.07) is 7.21. The monoisotopic (exact) mass is 204 g/mol. The van der Waals surface area contributed by atoms with Gasteiger partial charge in [-0.3, -0.25) is 4.79 Å². The molecule has 1 aromatic rings. The summed E-state index contributed by atoms with van der Waals surface area (Å²) >= 11 is 0. The maximum atomic E-state index is 11.0. The van der Waals surface area contributed by atoms with Crippen LogP contribution in [-0.2, 0) is 0 Å². The Morgan fingerprint density at radius 2 is 2.07 bits per heavy atom. The number of ketones is 1. The number of hydrogen-bond acceptors (Lipinski definition) is 2. The van der Waals surface area contributed by atoms with E-state index in [1.54, 1.807) is 19.1 Å². The molecule has 0 radical (unpaired) electrons. The standard InChI is InChI=1S/C13H16O2/c1-3-4-5-10-15-13-8-6-12(7-9-13)11(2)14/h3,6-9H,1,4-5,10H2,2H3. The van der Waals surface area contributed by atoms with Crippen molar-refractivity contribution >= 4 is 5.78 Å². The van der Waals surface area contributed by atoms with Gasteiger partial charge in [0, 0.05) is 5.56 Å². The topological polar surface area (TPSA) is 26.3 Å². The zero-order valence-corrected chi connectivity index (χ0v) is 9.03. The third-order valence-electron chi connectivity index (χ3n) is 2.08. The molecule has 2 heteroatoms. The van der Waals surface area contributed by atoms with Crippen LogP contribution in [-0.4, -0.2) is 12.4 Å². The molecule has 0 spiro atoms. The number of benzene rings is 1. The predicted molar refractivity (Wildman–Crippen MR) is 61.4 cm³/mol. The second-order valence-electron chi connectivity index (χ2n) is 3.36. The van der Waals surface area contributed by atoms with Crippen molar-refractivity contribution in [3.8, 4) is 5.75 Å². The molecule has 0 saturated heterocycles. The summed E-state index contributed by atoms with van der Waals surface area (Å²) in [5, 5.41) is 0. The first-order valence-corrected chi connectivity index (χ1v) is 5.08. The number of allylic oxidation sites excluding steroid dienone is 1. The Morgan fingerprint density at radius 1 is 1.40 bits per heavy atom. The first kappa shape index (κ1) is 11.5. The molecule has 0 atom stereocenters. The van der Waals surface area contributed by atoms with E-state index in [-0.39, 0.29) is 5.78 Å². The zero-order valence-electron chi connectivity index (χ0n) is 9.03. The summed E-state index contributed by atoms with van der Waals surface area (Å²) in [7, 11) is 0. The van der Waals surface area contributed by atoms with E-state index in [0.29, 0.717) is 12.2 Å². The molecule has 0 fully saturated rings. The van der Waals surface area contributed by atoms with Crippen molar-refractivity contribution in [2.24, 2.45) is 0 Å². The molecule has 15 heavy (non-hydrogen) atoms. The van der Waals surface area contributed by atoms with E-state index in [1.807, 2.05) is 18.2 Å². The number of Topliss-reactive ketones (excluding diaryl/α,β-unsaturated/α-hetero) is 1. The van der Waals surface area contributed by atoms with Gasteiger partial charge in [0.1, 0.15) is 5.75 Å². The van der Waals surface area contributed by atoms with E-state index >= 15 is 0 Å². The van der Waals surface area contributed by atoms with E-state index in [0.717, 1.165) is 18.6 Å². The fourth-order valence-corrected chi connectivity index (χ4v) is 1.20. The quantitative estimate of drug-likeness (QED) is 0.404. The molecule has 0 unspecified atom stereocenters. The molecule has 0 aliphatic rings. The Kier molecular flexibility index (Phi) is 4.61. The lowest BCUT2D eigenvalue weighted by Crippen LogP contribution is -1.97. The molecule has 0 amide bonds. The van der Waals surface area contributed by atoms with Crippen LogP contribution >= 0.6 is 0 Å². The van der Waals surface area contributed by atoms with Crippen LogP contribution in [0.5, 0.6) is 5.75 Å². The average molecular weight is 204 g/mol. The minimum atomic E-state index is 0.0770. The highest BCUT2D eigenvalue weighted by Gasteiger charge is 1.98. The largest absolute Gasteiger partial charge is 0.494 e. The van der Waals surface area contributed by atoms with Gasteiger partial charge >= 0.3 is 0 Å². The Hall–Kier alpha value is -1.57. The number of hydrogen-bond donors (Lipinski definition) is 0. The summed E-state index contributed by atoms with van der Waals surface area (Å²) in [5.41, 5.74) is 0.716. The Labute approximate surface area is 90.6 Å². The molecule has 0 aliphatic carbocycles. The molecular weight excluding hydrogens is 188 g/mol. The van der Waals surface area contributed by atoms with Gasteiger partial charge in [0.25, 0.3) is 0 Å². The Balaban J connectivity index is 2.42. The summed E-state index contributed by atoms with van der Waals surface area (Å²) in [5.74, 6) is 0.886. The number of rotatable bonds is 6. The van der Waals surface area contributed by atoms with Crippen molar-refractivity contribution in [2.45, 2.75) is 19.8 Å². The second kappa shape index (κ2) is 6.02. The molecule has 80 valence electrons. The molecule has 0 aliphatic heterocycles. The summed E-state index contributed by atoms with van der Waals surface area (Å²) < 4.78 is 5.48. The normalized spacial score (nSPS) is 9.67. The summed E-state index contributed by atoms with van der Waals surface area (Å²) in [6.07, 6.45) is 3.81. The van der Waals surface area contributed by atoms with Gasteiger partial charge in [-0.1, -0.05) is 6.08 Å². The highest BCUT2D eigenvalue weighted by Crippen LogP contribution is 2.12. The fraction of sp³-hybridized carbons (Fsp3) is 0.308. The van der Waals surface area contributed by atoms with Gasteiger partial charge < -0.3 is 4.74 Å². The molecule has 0 saturated carbocycles. The predicted octanol–water partition coefficient (Wildman–Crippen LogP) is 3.23. The number of unbranched alkanes of at least 4 members (excludes halogenated alkanes) is 1. The third kappa shape index (κ3) is 3.98. The molecule has 0 aromatic heterocycles. The van der Waals surface area contributed by atoms with E-state index in [1.165, 1.54) is 0 Å². The summed E-state index contributed by atoms with van der Waals surface area (Å²) in [4.78, 5) is 11.0. The van der Waals surface area contributed by atoms with E-state index in [9.17, 15) is 4.79 Å². The van der Waals surface area contributed by atoms with Gasteiger partial charge in [0.2, 0.25) is 0 Å². The fourth-order valence-electron chi connectivity index (χ4n) is 1.20. The van der Waals surface area contributed by atoms with Crippen LogP contribution in [0.2, 0.25) is 0 Å². The van der Waals surface area contributed by atoms with Crippen molar-refractivity contribution in [3.63, 3.8) is 0 Å². The second-order valence-corrected chi connectivity index (χ2v) is 3.36. The zero-order chi connectivity index (χ0) is 11.1. The SMILES string of the molecule is C=CCCCOc1ccc(C(C)=O)cc1. The minimum absolute atomic E-state index is 0.0770. The van der Waals surface area contributed by atoms with Crippen LogP contribution < -0.4 is 4.74 Å². The van der Waals surface area contributed by atoms with Gasteiger partial charge in [0.15, 0.2) is 5.78 Å². The minimum Gasteiger partial charge on any atom is -0.494 e. The van der Waals surface area contributed by atoms with Crippen LogP contribution in [0.3, 0.4) is 0 Å². The number of carbonyl (C=O) groups is 1. The van der Waals surface area contributed by atoms with Crippen LogP contribution in [0, 0.1) is 0 Å². The van der Waals surface area contributed by atoms with Crippen LogP contribution in [0.15, 0.2) is 36.9 Å². The van der Waals surface area contributed by atoms with Gasteiger partial charge in [-0.05, 0) is 44.0 Å². The maximum absolute atomic E-state index is 11.0. The molecule has 0 bridgehead atoms. The molecule has 0 N–H and O–H groups in total. The van der Waals surface area contributed by atoms with Crippen molar-refractivity contribution in [1.29, 1.82) is 0 Å². The first-order chi connectivity index (χ1) is 7.24. The van der Waals surface area contributed by atoms with E-state index in [4.69, 9.17) is 4.74 Å². The van der Waals surface area contributed by atoms with E-state index < -0.39 is 0 Å². The van der Waals surface area contributed by atoms with Crippen molar-refractivity contribution < 1.29 is 9.53 Å². The van der Waals surface area contributed by atoms with Gasteiger partial charge in [-0.2, -0.15) is 0 Å². The highest BCUT2D eigenvalue weighted by molar-refractivity contribution is 5.94. The van der Waals surface area contributed by atoms with Gasteiger partial charge in [-0.15, -0.1) is 6.58 Å². The smallest absolute Gasteiger partial charge is 0.159 e. The summed E-state index contributed by atoms with van der Waals surface area (Å²) in [6.45, 7) is 5.88. The number of ether oxygens (including phenoxy) is 1. The third-order valence-corrected chi connectivity index (χ3v) is 2.08. The maximum Gasteiger partial charge on any atom is 0.159 e. The highest BCUT2D eigenvalue weighted by atomic mass is 16.5. The van der Waals surface area contributed by atoms with Crippen molar-refractivity contribution in [2.75, 3.05) is 6.61 Å².